The number of aliphatic imine (C=N–C) groups is 1. The van der Waals surface area contributed by atoms with E-state index < -0.39 is 0 Å². The van der Waals surface area contributed by atoms with E-state index in [-0.39, 0.29) is 11.2 Å². The number of carbonyl (C=O) groups is 1. The van der Waals surface area contributed by atoms with Crippen LogP contribution in [0.25, 0.3) is 0 Å². The molecule has 2 nitrogen and oxygen atoms in total. The van der Waals surface area contributed by atoms with Gasteiger partial charge in [0.15, 0.2) is 5.78 Å². The Kier molecular flexibility index (Phi) is 3.99. The predicted octanol–water partition coefficient (Wildman–Crippen LogP) is 4.84. The van der Waals surface area contributed by atoms with Gasteiger partial charge in [-0.15, -0.1) is 0 Å². The molecule has 23 heavy (non-hydrogen) atoms. The minimum Gasteiger partial charge on any atom is -0.289 e. The highest BCUT2D eigenvalue weighted by Gasteiger charge is 2.26. The fraction of sp³-hybridized carbons (Fsp3) is 0.238. The van der Waals surface area contributed by atoms with Crippen LogP contribution in [0.5, 0.6) is 0 Å². The van der Waals surface area contributed by atoms with E-state index >= 15 is 0 Å². The van der Waals surface area contributed by atoms with E-state index in [2.05, 4.69) is 32.9 Å². The number of fused-ring (bicyclic) bond motifs is 1. The summed E-state index contributed by atoms with van der Waals surface area (Å²) in [5, 5.41) is 0. The van der Waals surface area contributed by atoms with Crippen molar-refractivity contribution in [2.75, 3.05) is 0 Å². The molecule has 2 aromatic carbocycles. The maximum absolute atomic E-state index is 12.8. The first-order chi connectivity index (χ1) is 11.0. The van der Waals surface area contributed by atoms with Gasteiger partial charge in [-0.25, -0.2) is 0 Å². The number of benzene rings is 2. The molecule has 0 radical (unpaired) electrons. The molecule has 0 atom stereocenters. The normalized spacial score (nSPS) is 17.4. The van der Waals surface area contributed by atoms with Crippen LogP contribution < -0.4 is 0 Å². The topological polar surface area (TPSA) is 29.4 Å². The van der Waals surface area contributed by atoms with Crippen molar-refractivity contribution in [1.82, 2.24) is 0 Å². The zero-order chi connectivity index (χ0) is 16.4. The number of nitrogens with zero attached hydrogens (tertiary/aromatic N) is 1. The Morgan fingerprint density at radius 1 is 0.913 bits per heavy atom. The molecule has 0 unspecified atom stereocenters. The lowest BCUT2D eigenvalue weighted by atomic mass is 9.79. The second-order valence-electron chi connectivity index (χ2n) is 6.86. The van der Waals surface area contributed by atoms with Crippen LogP contribution in [0.4, 0.5) is 0 Å². The van der Waals surface area contributed by atoms with Gasteiger partial charge in [0.1, 0.15) is 0 Å². The van der Waals surface area contributed by atoms with Gasteiger partial charge in [0.05, 0.1) is 12.3 Å². The molecule has 0 N–H and O–H groups in total. The van der Waals surface area contributed by atoms with Gasteiger partial charge >= 0.3 is 0 Å². The summed E-state index contributed by atoms with van der Waals surface area (Å²) in [6, 6.07) is 17.8. The summed E-state index contributed by atoms with van der Waals surface area (Å²) in [5.74, 6) is 0.0638. The Labute approximate surface area is 137 Å². The summed E-state index contributed by atoms with van der Waals surface area (Å²) in [4.78, 5) is 17.6. The molecule has 2 heteroatoms. The molecule has 0 amide bonds. The highest BCUT2D eigenvalue weighted by atomic mass is 16.1. The molecule has 0 bridgehead atoms. The fourth-order valence-electron chi connectivity index (χ4n) is 2.84. The Balaban J connectivity index is 2.21. The van der Waals surface area contributed by atoms with Gasteiger partial charge < -0.3 is 0 Å². The third-order valence-corrected chi connectivity index (χ3v) is 4.08. The minimum absolute atomic E-state index is 0.0638. The highest BCUT2D eigenvalue weighted by molar-refractivity contribution is 6.18. The smallest absolute Gasteiger partial charge is 0.186 e. The van der Waals surface area contributed by atoms with Crippen LogP contribution in [0.1, 0.15) is 42.3 Å². The first-order valence-electron chi connectivity index (χ1n) is 7.91. The molecule has 0 spiro atoms. The van der Waals surface area contributed by atoms with Crippen molar-refractivity contribution in [1.29, 1.82) is 0 Å². The lowest BCUT2D eigenvalue weighted by Crippen LogP contribution is -2.22. The molecule has 0 fully saturated rings. The average Bonchev–Trinajstić information content (AvgIpc) is 2.52. The summed E-state index contributed by atoms with van der Waals surface area (Å²) in [7, 11) is 0. The molecule has 3 rings (SSSR count). The number of carbonyl (C=O) groups excluding carboxylic acids is 1. The summed E-state index contributed by atoms with van der Waals surface area (Å²) in [6.07, 6.45) is 1.77. The van der Waals surface area contributed by atoms with Crippen molar-refractivity contribution in [3.63, 3.8) is 0 Å². The fourth-order valence-corrected chi connectivity index (χ4v) is 2.84. The molecule has 1 aliphatic heterocycles. The highest BCUT2D eigenvalue weighted by Crippen LogP contribution is 2.31. The Morgan fingerprint density at radius 3 is 2.26 bits per heavy atom. The van der Waals surface area contributed by atoms with Crippen LogP contribution in [0.2, 0.25) is 0 Å². The van der Waals surface area contributed by atoms with Crippen molar-refractivity contribution in [3.8, 4) is 0 Å². The lowest BCUT2D eigenvalue weighted by Gasteiger charge is -2.26. The van der Waals surface area contributed by atoms with Crippen LogP contribution in [0.15, 0.2) is 71.2 Å². The van der Waals surface area contributed by atoms with Crippen LogP contribution in [-0.2, 0) is 6.54 Å². The first kappa shape index (κ1) is 15.4. The first-order valence-corrected chi connectivity index (χ1v) is 7.91. The van der Waals surface area contributed by atoms with Crippen LogP contribution >= 0.6 is 0 Å². The van der Waals surface area contributed by atoms with Crippen LogP contribution in [0, 0.1) is 5.41 Å². The Bertz CT molecular complexity index is 792. The standard InChI is InChI=1S/C21H21NO/c1-21(2,3)18-13-19(23)17-12-8-7-11-16(17)14-22-20(18)15-9-5-4-6-10-15/h4-13H,14H2,1-3H3/b18-13+,22-20?. The molecule has 0 saturated carbocycles. The summed E-state index contributed by atoms with van der Waals surface area (Å²) in [6.45, 7) is 6.90. The monoisotopic (exact) mass is 303 g/mol. The summed E-state index contributed by atoms with van der Waals surface area (Å²) in [5.41, 5.74) is 4.54. The van der Waals surface area contributed by atoms with E-state index in [0.717, 1.165) is 28.0 Å². The summed E-state index contributed by atoms with van der Waals surface area (Å²) >= 11 is 0. The van der Waals surface area contributed by atoms with Crippen LogP contribution in [0.3, 0.4) is 0 Å². The Hall–Kier alpha value is -2.48. The third-order valence-electron chi connectivity index (χ3n) is 4.08. The number of hydrogen-bond acceptors (Lipinski definition) is 2. The molecule has 1 heterocycles. The quantitative estimate of drug-likeness (QED) is 0.741. The van der Waals surface area contributed by atoms with Gasteiger partial charge in [0.25, 0.3) is 0 Å². The largest absolute Gasteiger partial charge is 0.289 e. The molecule has 0 saturated heterocycles. The second kappa shape index (κ2) is 5.96. The van der Waals surface area contributed by atoms with E-state index in [4.69, 9.17) is 4.99 Å². The van der Waals surface area contributed by atoms with Crippen molar-refractivity contribution in [2.45, 2.75) is 27.3 Å². The SMILES string of the molecule is CC(C)(C)/C1=C/C(=O)c2ccccc2CN=C1c1ccccc1. The van der Waals surface area contributed by atoms with Gasteiger partial charge in [0.2, 0.25) is 0 Å². The number of hydrogen-bond donors (Lipinski definition) is 0. The average molecular weight is 303 g/mol. The van der Waals surface area contributed by atoms with Crippen molar-refractivity contribution >= 4 is 11.5 Å². The van der Waals surface area contributed by atoms with Crippen molar-refractivity contribution in [2.24, 2.45) is 10.4 Å². The van der Waals surface area contributed by atoms with E-state index in [1.54, 1.807) is 6.08 Å². The van der Waals surface area contributed by atoms with Gasteiger partial charge in [-0.2, -0.15) is 0 Å². The van der Waals surface area contributed by atoms with Gasteiger partial charge in [-0.3, -0.25) is 9.79 Å². The predicted molar refractivity (Wildman–Crippen MR) is 95.0 cm³/mol. The van der Waals surface area contributed by atoms with Gasteiger partial charge in [0, 0.05) is 5.56 Å². The molecule has 2 aromatic rings. The maximum atomic E-state index is 12.8. The minimum atomic E-state index is -0.156. The number of allylic oxidation sites excluding steroid dienone is 2. The maximum Gasteiger partial charge on any atom is 0.186 e. The zero-order valence-electron chi connectivity index (χ0n) is 13.8. The van der Waals surface area contributed by atoms with E-state index in [1.807, 2.05) is 42.5 Å². The van der Waals surface area contributed by atoms with E-state index in [0.29, 0.717) is 6.54 Å². The Morgan fingerprint density at radius 2 is 1.57 bits per heavy atom. The second-order valence-corrected chi connectivity index (χ2v) is 6.86. The summed E-state index contributed by atoms with van der Waals surface area (Å²) < 4.78 is 0. The zero-order valence-corrected chi connectivity index (χ0v) is 13.8. The molecule has 0 aromatic heterocycles. The third kappa shape index (κ3) is 3.16. The van der Waals surface area contributed by atoms with Gasteiger partial charge in [-0.1, -0.05) is 75.4 Å². The van der Waals surface area contributed by atoms with E-state index in [1.165, 1.54) is 0 Å². The lowest BCUT2D eigenvalue weighted by molar-refractivity contribution is 0.104. The molecular formula is C21H21NO. The number of rotatable bonds is 1. The number of ketones is 1. The molecular weight excluding hydrogens is 282 g/mol. The molecule has 116 valence electrons. The van der Waals surface area contributed by atoms with Crippen molar-refractivity contribution < 1.29 is 4.79 Å². The van der Waals surface area contributed by atoms with Crippen molar-refractivity contribution in [3.05, 3.63) is 82.9 Å². The van der Waals surface area contributed by atoms with Crippen LogP contribution in [-0.4, -0.2) is 11.5 Å². The van der Waals surface area contributed by atoms with E-state index in [9.17, 15) is 4.79 Å². The van der Waals surface area contributed by atoms with Gasteiger partial charge in [-0.05, 0) is 28.2 Å². The molecule has 0 aliphatic carbocycles. The molecule has 1 aliphatic rings.